The van der Waals surface area contributed by atoms with Crippen LogP contribution in [0.1, 0.15) is 55.7 Å². The number of carbonyl (C=O) groups excluding carboxylic acids is 1. The summed E-state index contributed by atoms with van der Waals surface area (Å²) in [5, 5.41) is 3.07. The molecule has 1 saturated carbocycles. The van der Waals surface area contributed by atoms with E-state index in [9.17, 15) is 13.2 Å². The van der Waals surface area contributed by atoms with Gasteiger partial charge in [0.05, 0.1) is 28.0 Å². The van der Waals surface area contributed by atoms with E-state index in [1.807, 2.05) is 14.1 Å². The van der Waals surface area contributed by atoms with Gasteiger partial charge in [-0.25, -0.2) is 13.4 Å². The molecule has 0 bridgehead atoms. The van der Waals surface area contributed by atoms with Gasteiger partial charge < -0.3 is 10.2 Å². The highest BCUT2D eigenvalue weighted by Gasteiger charge is 2.29. The van der Waals surface area contributed by atoms with Crippen molar-refractivity contribution in [3.8, 4) is 0 Å². The summed E-state index contributed by atoms with van der Waals surface area (Å²) in [6.45, 7) is 0.984. The second kappa shape index (κ2) is 11.4. The maximum Gasteiger partial charge on any atom is 0.226 e. The lowest BCUT2D eigenvalue weighted by atomic mass is 9.82. The number of carbonyl (C=O) groups is 1. The number of aryl methyl sites for hydroxylation is 1. The molecule has 180 valence electrons. The van der Waals surface area contributed by atoms with Gasteiger partial charge in [0.1, 0.15) is 0 Å². The molecule has 1 fully saturated rings. The summed E-state index contributed by atoms with van der Waals surface area (Å²) in [7, 11) is 0.676. The van der Waals surface area contributed by atoms with Crippen LogP contribution in [0.4, 0.5) is 5.82 Å². The van der Waals surface area contributed by atoms with Crippen LogP contribution in [0.5, 0.6) is 0 Å². The van der Waals surface area contributed by atoms with Crippen LogP contribution in [0, 0.1) is 5.92 Å². The third-order valence-electron chi connectivity index (χ3n) is 6.17. The average Bonchev–Trinajstić information content (AvgIpc) is 3.26. The van der Waals surface area contributed by atoms with E-state index in [4.69, 9.17) is 11.6 Å². The van der Waals surface area contributed by atoms with E-state index in [1.54, 1.807) is 30.6 Å². The molecule has 0 radical (unpaired) electrons. The molecule has 1 amide bonds. The fourth-order valence-electron chi connectivity index (χ4n) is 4.48. The fourth-order valence-corrected chi connectivity index (χ4v) is 5.82. The van der Waals surface area contributed by atoms with Crippen molar-refractivity contribution < 1.29 is 13.2 Å². The van der Waals surface area contributed by atoms with Gasteiger partial charge >= 0.3 is 0 Å². The van der Waals surface area contributed by atoms with E-state index in [2.05, 4.69) is 20.2 Å². The zero-order valence-corrected chi connectivity index (χ0v) is 21.1. The molecule has 1 aliphatic rings. The minimum absolute atomic E-state index is 0.0307. The summed E-state index contributed by atoms with van der Waals surface area (Å²) in [5.41, 5.74) is 1.80. The number of sulfone groups is 1. The summed E-state index contributed by atoms with van der Waals surface area (Å²) >= 11 is 6.30. The van der Waals surface area contributed by atoms with Gasteiger partial charge in [-0.3, -0.25) is 9.78 Å². The van der Waals surface area contributed by atoms with Gasteiger partial charge in [0.2, 0.25) is 5.91 Å². The summed E-state index contributed by atoms with van der Waals surface area (Å²) in [6.07, 6.45) is 10.9. The predicted octanol–water partition coefficient (Wildman–Crippen LogP) is 4.33. The van der Waals surface area contributed by atoms with Crippen LogP contribution in [0.2, 0.25) is 5.02 Å². The molecule has 1 heterocycles. The van der Waals surface area contributed by atoms with Gasteiger partial charge in [-0.05, 0) is 75.9 Å². The summed E-state index contributed by atoms with van der Waals surface area (Å²) in [6, 6.07) is 5.05. The Morgan fingerprint density at radius 2 is 1.94 bits per heavy atom. The van der Waals surface area contributed by atoms with Crippen molar-refractivity contribution in [1.82, 2.24) is 14.9 Å². The Balaban J connectivity index is 1.68. The van der Waals surface area contributed by atoms with Crippen LogP contribution >= 0.6 is 11.6 Å². The average molecular weight is 493 g/mol. The van der Waals surface area contributed by atoms with E-state index < -0.39 is 9.84 Å². The molecular weight excluding hydrogens is 460 g/mol. The van der Waals surface area contributed by atoms with Crippen LogP contribution in [0.15, 0.2) is 35.5 Å². The number of amides is 1. The molecule has 7 nitrogen and oxygen atoms in total. The molecule has 1 aromatic heterocycles. The first-order valence-electron chi connectivity index (χ1n) is 11.4. The highest BCUT2D eigenvalue weighted by molar-refractivity contribution is 7.90. The van der Waals surface area contributed by atoms with Gasteiger partial charge in [-0.2, -0.15) is 0 Å². The Morgan fingerprint density at radius 3 is 2.52 bits per heavy atom. The molecule has 1 aromatic carbocycles. The summed E-state index contributed by atoms with van der Waals surface area (Å²) < 4.78 is 23.8. The van der Waals surface area contributed by atoms with Crippen LogP contribution in [-0.4, -0.2) is 56.1 Å². The molecule has 1 aliphatic carbocycles. The van der Waals surface area contributed by atoms with E-state index >= 15 is 0 Å². The van der Waals surface area contributed by atoms with Crippen molar-refractivity contribution in [1.29, 1.82) is 0 Å². The number of rotatable bonds is 10. The van der Waals surface area contributed by atoms with Crippen molar-refractivity contribution in [3.05, 3.63) is 46.9 Å². The normalized spacial score (nSPS) is 15.7. The highest BCUT2D eigenvalue weighted by atomic mass is 35.5. The number of aromatic nitrogens is 2. The first-order chi connectivity index (χ1) is 15.6. The van der Waals surface area contributed by atoms with Gasteiger partial charge in [0.25, 0.3) is 0 Å². The topological polar surface area (TPSA) is 92.3 Å². The molecule has 1 N–H and O–H groups in total. The number of anilines is 1. The SMILES string of the molecule is CN(C)CCCc1cnc(NC(=O)CC(c2ccc(S(C)(=O)=O)c(Cl)c2)C2CCCC2)cn1. The minimum Gasteiger partial charge on any atom is -0.309 e. The molecule has 9 heteroatoms. The Labute approximate surface area is 201 Å². The Morgan fingerprint density at radius 1 is 1.21 bits per heavy atom. The fraction of sp³-hybridized carbons (Fsp3) is 0.542. The number of hydrogen-bond donors (Lipinski definition) is 1. The summed E-state index contributed by atoms with van der Waals surface area (Å²) in [5.74, 6) is 0.634. The smallest absolute Gasteiger partial charge is 0.226 e. The predicted molar refractivity (Wildman–Crippen MR) is 131 cm³/mol. The van der Waals surface area contributed by atoms with Gasteiger partial charge in [0.15, 0.2) is 15.7 Å². The van der Waals surface area contributed by atoms with E-state index in [0.717, 1.165) is 62.6 Å². The van der Waals surface area contributed by atoms with Gasteiger partial charge in [-0.1, -0.05) is 30.5 Å². The number of nitrogens with zero attached hydrogens (tertiary/aromatic N) is 3. The molecule has 2 aromatic rings. The van der Waals surface area contributed by atoms with Gasteiger partial charge in [-0.15, -0.1) is 0 Å². The third-order valence-corrected chi connectivity index (χ3v) is 7.75. The molecular formula is C24H33ClN4O3S. The van der Waals surface area contributed by atoms with E-state index in [0.29, 0.717) is 11.7 Å². The van der Waals surface area contributed by atoms with Crippen LogP contribution < -0.4 is 5.32 Å². The van der Waals surface area contributed by atoms with Crippen molar-refractivity contribution in [3.63, 3.8) is 0 Å². The number of nitrogens with one attached hydrogen (secondary N) is 1. The van der Waals surface area contributed by atoms with Crippen LogP contribution in [-0.2, 0) is 21.1 Å². The van der Waals surface area contributed by atoms with Gasteiger partial charge in [0, 0.05) is 12.7 Å². The van der Waals surface area contributed by atoms with Crippen LogP contribution in [0.3, 0.4) is 0 Å². The van der Waals surface area contributed by atoms with Crippen molar-refractivity contribution in [2.75, 3.05) is 32.2 Å². The van der Waals surface area contributed by atoms with Crippen molar-refractivity contribution in [2.24, 2.45) is 5.92 Å². The minimum atomic E-state index is -3.40. The monoisotopic (exact) mass is 492 g/mol. The Bertz CT molecular complexity index is 1050. The molecule has 33 heavy (non-hydrogen) atoms. The zero-order chi connectivity index (χ0) is 24.0. The lowest BCUT2D eigenvalue weighted by molar-refractivity contribution is -0.116. The van der Waals surface area contributed by atoms with Crippen LogP contribution in [0.25, 0.3) is 0 Å². The zero-order valence-electron chi connectivity index (χ0n) is 19.6. The van der Waals surface area contributed by atoms with E-state index in [1.165, 1.54) is 0 Å². The highest BCUT2D eigenvalue weighted by Crippen LogP contribution is 2.40. The number of benzene rings is 1. The molecule has 3 rings (SSSR count). The lowest BCUT2D eigenvalue weighted by Gasteiger charge is -2.24. The molecule has 1 unspecified atom stereocenters. The van der Waals surface area contributed by atoms with Crippen molar-refractivity contribution in [2.45, 2.75) is 55.8 Å². The second-order valence-corrected chi connectivity index (χ2v) is 11.6. The molecule has 0 aliphatic heterocycles. The summed E-state index contributed by atoms with van der Waals surface area (Å²) in [4.78, 5) is 23.9. The largest absolute Gasteiger partial charge is 0.309 e. The maximum absolute atomic E-state index is 12.9. The second-order valence-electron chi connectivity index (χ2n) is 9.17. The molecule has 0 saturated heterocycles. The Hall–Kier alpha value is -2.03. The standard InChI is InChI=1S/C24H33ClN4O3S/c1-29(2)12-6-9-19-15-27-23(16-26-19)28-24(30)14-20(17-7-4-5-8-17)18-10-11-22(21(25)13-18)33(3,31)32/h10-11,13,15-17,20H,4-9,12,14H2,1-3H3,(H,27,28,30). The molecule has 0 spiro atoms. The number of hydrogen-bond acceptors (Lipinski definition) is 6. The third kappa shape index (κ3) is 7.48. The molecule has 1 atom stereocenters. The Kier molecular flexibility index (Phi) is 8.84. The van der Waals surface area contributed by atoms with Crippen molar-refractivity contribution >= 4 is 33.2 Å². The number of halogens is 1. The first-order valence-corrected chi connectivity index (χ1v) is 13.7. The quantitative estimate of drug-likeness (QED) is 0.530. The van der Waals surface area contributed by atoms with E-state index in [-0.39, 0.29) is 28.2 Å². The first kappa shape index (κ1) is 25.6. The maximum atomic E-state index is 12.9. The lowest BCUT2D eigenvalue weighted by Crippen LogP contribution is -2.21.